The molecule has 0 aliphatic rings. The first-order valence-electron chi connectivity index (χ1n) is 7.48. The highest BCUT2D eigenvalue weighted by Gasteiger charge is 2.14. The second-order valence-corrected chi connectivity index (χ2v) is 7.36. The molecule has 0 atom stereocenters. The number of nitrogens with zero attached hydrogens (tertiary/aromatic N) is 2. The van der Waals surface area contributed by atoms with Crippen LogP contribution < -0.4 is 10.1 Å². The maximum absolute atomic E-state index is 11.6. The molecule has 7 nitrogen and oxygen atoms in total. The molecule has 0 unspecified atom stereocenters. The van der Waals surface area contributed by atoms with Gasteiger partial charge in [0.25, 0.3) is 0 Å². The van der Waals surface area contributed by atoms with E-state index in [1.54, 1.807) is 6.20 Å². The Balaban J connectivity index is 1.79. The van der Waals surface area contributed by atoms with E-state index in [0.717, 1.165) is 21.5 Å². The number of benzene rings is 1. The minimum absolute atomic E-state index is 0.119. The summed E-state index contributed by atoms with van der Waals surface area (Å²) in [6.45, 7) is 0.0427. The van der Waals surface area contributed by atoms with Crippen LogP contribution in [0.4, 0.5) is 0 Å². The summed E-state index contributed by atoms with van der Waals surface area (Å²) in [6.07, 6.45) is 2.74. The first-order valence-corrected chi connectivity index (χ1v) is 9.33. The Morgan fingerprint density at radius 3 is 2.80 bits per heavy atom. The zero-order chi connectivity index (χ0) is 18.3. The normalized spacial score (nSPS) is 11.0. The number of sulfonamides is 1. The lowest BCUT2D eigenvalue weighted by atomic mass is 10.2. The average molecular weight is 361 g/mol. The number of aromatic nitrogens is 1. The van der Waals surface area contributed by atoms with Gasteiger partial charge in [-0.25, -0.2) is 8.42 Å². The minimum atomic E-state index is -3.38. The zero-order valence-corrected chi connectivity index (χ0v) is 14.8. The van der Waals surface area contributed by atoms with Crippen LogP contribution in [0.1, 0.15) is 0 Å². The number of amides is 1. The Hall–Kier alpha value is -2.63. The molecular weight excluding hydrogens is 342 g/mol. The van der Waals surface area contributed by atoms with Crippen molar-refractivity contribution < 1.29 is 17.9 Å². The molecule has 2 aromatic rings. The Kier molecular flexibility index (Phi) is 6.33. The van der Waals surface area contributed by atoms with Crippen LogP contribution in [0.25, 0.3) is 10.9 Å². The zero-order valence-electron chi connectivity index (χ0n) is 14.0. The topological polar surface area (TPSA) is 88.6 Å². The van der Waals surface area contributed by atoms with Crippen molar-refractivity contribution in [2.75, 3.05) is 33.0 Å². The molecule has 0 radical (unpaired) electrons. The third-order valence-corrected chi connectivity index (χ3v) is 4.59. The lowest BCUT2D eigenvalue weighted by Gasteiger charge is -2.12. The van der Waals surface area contributed by atoms with E-state index in [4.69, 9.17) is 4.74 Å². The van der Waals surface area contributed by atoms with E-state index >= 15 is 0 Å². The van der Waals surface area contributed by atoms with E-state index in [9.17, 15) is 13.2 Å². The van der Waals surface area contributed by atoms with E-state index < -0.39 is 15.9 Å². The molecule has 0 aliphatic carbocycles. The van der Waals surface area contributed by atoms with Crippen LogP contribution in [0.15, 0.2) is 36.5 Å². The number of likely N-dealkylation sites (N-methyl/N-ethyl adjacent to an activating group) is 1. The van der Waals surface area contributed by atoms with Gasteiger partial charge in [-0.15, -0.1) is 0 Å². The monoisotopic (exact) mass is 361 g/mol. The highest BCUT2D eigenvalue weighted by molar-refractivity contribution is 7.88. The molecule has 0 aliphatic heterocycles. The number of pyridine rings is 1. The summed E-state index contributed by atoms with van der Waals surface area (Å²) >= 11 is 0. The molecule has 1 aromatic heterocycles. The van der Waals surface area contributed by atoms with Crippen molar-refractivity contribution in [3.05, 3.63) is 36.5 Å². The van der Waals surface area contributed by atoms with Gasteiger partial charge in [-0.3, -0.25) is 9.78 Å². The number of carbonyl (C=O) groups excluding carboxylic acids is 1. The number of hydrogen-bond acceptors (Lipinski definition) is 5. The Morgan fingerprint density at radius 1 is 1.28 bits per heavy atom. The van der Waals surface area contributed by atoms with Crippen molar-refractivity contribution in [3.63, 3.8) is 0 Å². The summed E-state index contributed by atoms with van der Waals surface area (Å²) in [4.78, 5) is 15.9. The average Bonchev–Trinajstić information content (AvgIpc) is 2.57. The molecule has 0 fully saturated rings. The molecule has 2 rings (SSSR count). The van der Waals surface area contributed by atoms with Gasteiger partial charge in [0, 0.05) is 18.6 Å². The van der Waals surface area contributed by atoms with Gasteiger partial charge in [0.05, 0.1) is 19.3 Å². The maximum Gasteiger partial charge on any atom is 0.236 e. The second-order valence-electron chi connectivity index (χ2n) is 5.27. The first kappa shape index (κ1) is 18.7. The second kappa shape index (κ2) is 8.46. The molecule has 0 saturated heterocycles. The van der Waals surface area contributed by atoms with Crippen molar-refractivity contribution >= 4 is 26.8 Å². The first-order chi connectivity index (χ1) is 11.9. The number of fused-ring (bicyclic) bond motifs is 1. The van der Waals surface area contributed by atoms with Crippen LogP contribution in [-0.4, -0.2) is 56.6 Å². The molecule has 8 heteroatoms. The number of carbonyl (C=O) groups is 1. The van der Waals surface area contributed by atoms with Gasteiger partial charge in [0.15, 0.2) is 0 Å². The highest BCUT2D eigenvalue weighted by atomic mass is 32.2. The Bertz CT molecular complexity index is 911. The highest BCUT2D eigenvalue weighted by Crippen LogP contribution is 2.22. The number of ether oxygens (including phenoxy) is 1. The minimum Gasteiger partial charge on any atom is -0.479 e. The number of rotatable bonds is 6. The van der Waals surface area contributed by atoms with Gasteiger partial charge in [-0.05, 0) is 12.1 Å². The Labute approximate surface area is 147 Å². The molecule has 1 aromatic carbocycles. The van der Waals surface area contributed by atoms with Crippen LogP contribution in [-0.2, 0) is 14.8 Å². The van der Waals surface area contributed by atoms with Gasteiger partial charge < -0.3 is 10.1 Å². The smallest absolute Gasteiger partial charge is 0.236 e. The Morgan fingerprint density at radius 2 is 2.04 bits per heavy atom. The third-order valence-electron chi connectivity index (χ3n) is 3.33. The van der Waals surface area contributed by atoms with Crippen LogP contribution >= 0.6 is 0 Å². The van der Waals surface area contributed by atoms with Gasteiger partial charge in [-0.1, -0.05) is 30.0 Å². The van der Waals surface area contributed by atoms with Crippen LogP contribution in [0.2, 0.25) is 0 Å². The van der Waals surface area contributed by atoms with Gasteiger partial charge in [0.2, 0.25) is 15.9 Å². The molecule has 0 bridgehead atoms. The summed E-state index contributed by atoms with van der Waals surface area (Å²) in [7, 11) is -2.04. The van der Waals surface area contributed by atoms with Gasteiger partial charge in [0.1, 0.15) is 17.9 Å². The lowest BCUT2D eigenvalue weighted by molar-refractivity contribution is -0.120. The van der Waals surface area contributed by atoms with E-state index in [1.807, 2.05) is 30.3 Å². The van der Waals surface area contributed by atoms with E-state index in [1.165, 1.54) is 7.05 Å². The molecule has 1 amide bonds. The molecular formula is C17H19N3O4S. The van der Waals surface area contributed by atoms with Crippen molar-refractivity contribution in [2.24, 2.45) is 0 Å². The number of nitrogens with one attached hydrogen (secondary N) is 1. The van der Waals surface area contributed by atoms with Crippen LogP contribution in [0.3, 0.4) is 0 Å². The summed E-state index contributed by atoms with van der Waals surface area (Å²) in [6, 6.07) is 9.45. The SMILES string of the molecule is CN(CC(=O)NCC#CCOc1cccc2cccnc12)S(C)(=O)=O. The predicted octanol–water partition coefficient (Wildman–Crippen LogP) is 0.625. The molecule has 132 valence electrons. The van der Waals surface area contributed by atoms with Crippen molar-refractivity contribution in [1.82, 2.24) is 14.6 Å². The van der Waals surface area contributed by atoms with Crippen LogP contribution in [0, 0.1) is 11.8 Å². The fourth-order valence-corrected chi connectivity index (χ4v) is 2.29. The van der Waals surface area contributed by atoms with Crippen LogP contribution in [0.5, 0.6) is 5.75 Å². The van der Waals surface area contributed by atoms with Crippen molar-refractivity contribution in [3.8, 4) is 17.6 Å². The molecule has 25 heavy (non-hydrogen) atoms. The molecule has 1 N–H and O–H groups in total. The van der Waals surface area contributed by atoms with E-state index in [0.29, 0.717) is 5.75 Å². The van der Waals surface area contributed by atoms with Crippen molar-refractivity contribution in [2.45, 2.75) is 0 Å². The summed E-state index contributed by atoms with van der Waals surface area (Å²) in [5, 5.41) is 3.51. The maximum atomic E-state index is 11.6. The van der Waals surface area contributed by atoms with E-state index in [-0.39, 0.29) is 19.7 Å². The predicted molar refractivity (Wildman–Crippen MR) is 95.5 cm³/mol. The van der Waals surface area contributed by atoms with Gasteiger partial charge >= 0.3 is 0 Å². The fraction of sp³-hybridized carbons (Fsp3) is 0.294. The molecule has 0 saturated carbocycles. The number of para-hydroxylation sites is 1. The quantitative estimate of drug-likeness (QED) is 0.762. The summed E-state index contributed by atoms with van der Waals surface area (Å²) in [5.74, 6) is 5.77. The number of hydrogen-bond donors (Lipinski definition) is 1. The standard InChI is InChI=1S/C17H19N3O4S/c1-20(25(2,22)23)13-16(21)18-10-3-4-12-24-15-9-5-7-14-8-6-11-19-17(14)15/h5-9,11H,10,12-13H2,1-2H3,(H,18,21). The molecule has 1 heterocycles. The largest absolute Gasteiger partial charge is 0.479 e. The fourth-order valence-electron chi connectivity index (χ4n) is 1.94. The molecule has 0 spiro atoms. The van der Waals surface area contributed by atoms with Gasteiger partial charge in [-0.2, -0.15) is 4.31 Å². The lowest BCUT2D eigenvalue weighted by Crippen LogP contribution is -2.37. The van der Waals surface area contributed by atoms with Crippen molar-refractivity contribution in [1.29, 1.82) is 0 Å². The summed E-state index contributed by atoms with van der Waals surface area (Å²) < 4.78 is 29.0. The summed E-state index contributed by atoms with van der Waals surface area (Å²) in [5.41, 5.74) is 0.768. The third kappa shape index (κ3) is 5.74. The van der Waals surface area contributed by atoms with E-state index in [2.05, 4.69) is 22.1 Å².